The number of aromatic nitrogens is 2. The number of halogens is 1. The summed E-state index contributed by atoms with van der Waals surface area (Å²) in [6.45, 7) is 2.86. The van der Waals surface area contributed by atoms with Crippen LogP contribution >= 0.6 is 15.9 Å². The summed E-state index contributed by atoms with van der Waals surface area (Å²) in [7, 11) is 0. The number of nitrogens with one attached hydrogen (secondary N) is 1. The number of amides is 3. The minimum atomic E-state index is -0.972. The summed E-state index contributed by atoms with van der Waals surface area (Å²) >= 11 is 3.28. The Kier molecular flexibility index (Phi) is 5.50. The maximum Gasteiger partial charge on any atom is 0.326 e. The molecule has 1 N–H and O–H groups in total. The number of urea groups is 1. The lowest BCUT2D eigenvalue weighted by atomic mass is 9.93. The fourth-order valence-electron chi connectivity index (χ4n) is 3.08. The molecule has 9 nitrogen and oxygen atoms in total. The number of ether oxygens (including phenoxy) is 1. The van der Waals surface area contributed by atoms with Crippen LogP contribution in [0.25, 0.3) is 5.65 Å². The maximum atomic E-state index is 12.5. The molecule has 0 atom stereocenters. The second-order valence-corrected chi connectivity index (χ2v) is 7.35. The Balaban J connectivity index is 1.67. The normalized spacial score (nSPS) is 15.8. The fourth-order valence-corrected chi connectivity index (χ4v) is 3.42. The molecule has 10 heteroatoms. The number of hydrogen-bond donors (Lipinski definition) is 1. The summed E-state index contributed by atoms with van der Waals surface area (Å²) in [5.74, 6) is -1.20. The Morgan fingerprint density at radius 2 is 1.96 bits per heavy atom. The number of carbonyl (C=O) groups is 3. The second-order valence-electron chi connectivity index (χ2n) is 6.43. The van der Waals surface area contributed by atoms with Gasteiger partial charge in [0.05, 0.1) is 5.69 Å². The fraction of sp³-hybridized carbons (Fsp3) is 0.389. The zero-order chi connectivity index (χ0) is 20.5. The van der Waals surface area contributed by atoms with Crippen molar-refractivity contribution in [2.45, 2.75) is 38.8 Å². The number of imide groups is 1. The van der Waals surface area contributed by atoms with Crippen molar-refractivity contribution >= 4 is 39.5 Å². The van der Waals surface area contributed by atoms with E-state index in [1.807, 2.05) is 0 Å². The van der Waals surface area contributed by atoms with E-state index in [-0.39, 0.29) is 17.9 Å². The molecule has 0 radical (unpaired) electrons. The number of hydrogen-bond acceptors (Lipinski definition) is 6. The SMILES string of the molecule is CCC1(CC)NC(=O)N(CC(=O)OCc2cc(=O)n3cc(Br)ccc3n2)C1=O. The summed E-state index contributed by atoms with van der Waals surface area (Å²) in [5, 5.41) is 2.65. The topological polar surface area (TPSA) is 110 Å². The first-order valence-corrected chi connectivity index (χ1v) is 9.56. The second kappa shape index (κ2) is 7.70. The van der Waals surface area contributed by atoms with Gasteiger partial charge in [0.15, 0.2) is 0 Å². The average Bonchev–Trinajstić information content (AvgIpc) is 2.91. The number of rotatable bonds is 6. The molecule has 1 aliphatic rings. The summed E-state index contributed by atoms with van der Waals surface area (Å²) in [5.41, 5.74) is -0.608. The molecule has 3 heterocycles. The highest BCUT2D eigenvalue weighted by Crippen LogP contribution is 2.24. The molecule has 0 bridgehead atoms. The van der Waals surface area contributed by atoms with Crippen LogP contribution in [0.4, 0.5) is 4.79 Å². The van der Waals surface area contributed by atoms with Gasteiger partial charge in [0, 0.05) is 16.7 Å². The number of fused-ring (bicyclic) bond motifs is 1. The summed E-state index contributed by atoms with van der Waals surface area (Å²) in [6, 6.07) is 4.04. The molecule has 2 aromatic heterocycles. The quantitative estimate of drug-likeness (QED) is 0.528. The summed E-state index contributed by atoms with van der Waals surface area (Å²) in [6.07, 6.45) is 2.45. The highest BCUT2D eigenvalue weighted by molar-refractivity contribution is 9.10. The lowest BCUT2D eigenvalue weighted by Crippen LogP contribution is -2.46. The van der Waals surface area contributed by atoms with Gasteiger partial charge in [-0.25, -0.2) is 9.78 Å². The molecule has 0 aromatic carbocycles. The Bertz CT molecular complexity index is 1010. The van der Waals surface area contributed by atoms with E-state index in [0.29, 0.717) is 18.5 Å². The van der Waals surface area contributed by atoms with E-state index in [0.717, 1.165) is 9.37 Å². The molecule has 0 saturated carbocycles. The lowest BCUT2D eigenvalue weighted by molar-refractivity contribution is -0.149. The van der Waals surface area contributed by atoms with Crippen LogP contribution in [0.2, 0.25) is 0 Å². The average molecular weight is 451 g/mol. The predicted molar refractivity (Wildman–Crippen MR) is 103 cm³/mol. The van der Waals surface area contributed by atoms with Gasteiger partial charge in [-0.3, -0.25) is 23.7 Å². The van der Waals surface area contributed by atoms with Crippen molar-refractivity contribution in [2.75, 3.05) is 6.54 Å². The number of nitrogens with zero attached hydrogens (tertiary/aromatic N) is 3. The zero-order valence-electron chi connectivity index (χ0n) is 15.4. The van der Waals surface area contributed by atoms with Crippen LogP contribution in [-0.4, -0.2) is 44.3 Å². The molecule has 2 aromatic rings. The zero-order valence-corrected chi connectivity index (χ0v) is 17.0. The van der Waals surface area contributed by atoms with Gasteiger partial charge in [0.1, 0.15) is 24.3 Å². The standard InChI is InChI=1S/C18H19BrN4O5/c1-3-18(4-2)16(26)23(17(27)21-18)9-15(25)28-10-12-7-14(24)22-8-11(19)5-6-13(22)20-12/h5-8H,3-4,9-10H2,1-2H3,(H,21,27). The highest BCUT2D eigenvalue weighted by atomic mass is 79.9. The first-order chi connectivity index (χ1) is 13.3. The number of esters is 1. The molecule has 1 fully saturated rings. The Labute approximate surface area is 168 Å². The van der Waals surface area contributed by atoms with Crippen molar-refractivity contribution in [1.29, 1.82) is 0 Å². The molecule has 1 aliphatic heterocycles. The van der Waals surface area contributed by atoms with Gasteiger partial charge < -0.3 is 10.1 Å². The molecule has 28 heavy (non-hydrogen) atoms. The van der Waals surface area contributed by atoms with Crippen molar-refractivity contribution in [3.63, 3.8) is 0 Å². The van der Waals surface area contributed by atoms with E-state index in [4.69, 9.17) is 4.74 Å². The van der Waals surface area contributed by atoms with Crippen molar-refractivity contribution in [3.8, 4) is 0 Å². The molecule has 1 saturated heterocycles. The van der Waals surface area contributed by atoms with Gasteiger partial charge in [-0.2, -0.15) is 0 Å². The van der Waals surface area contributed by atoms with Crippen LogP contribution in [0.3, 0.4) is 0 Å². The van der Waals surface area contributed by atoms with Gasteiger partial charge in [0.2, 0.25) is 0 Å². The Hall–Kier alpha value is -2.75. The van der Waals surface area contributed by atoms with Crippen LogP contribution in [0.1, 0.15) is 32.4 Å². The Morgan fingerprint density at radius 3 is 2.61 bits per heavy atom. The van der Waals surface area contributed by atoms with Gasteiger partial charge in [-0.05, 0) is 40.9 Å². The van der Waals surface area contributed by atoms with Crippen molar-refractivity contribution in [2.24, 2.45) is 0 Å². The molecule has 0 unspecified atom stereocenters. The Morgan fingerprint density at radius 1 is 1.25 bits per heavy atom. The summed E-state index contributed by atoms with van der Waals surface area (Å²) in [4.78, 5) is 54.0. The van der Waals surface area contributed by atoms with E-state index in [2.05, 4.69) is 26.2 Å². The monoisotopic (exact) mass is 450 g/mol. The van der Waals surface area contributed by atoms with Crippen molar-refractivity contribution in [1.82, 2.24) is 19.6 Å². The lowest BCUT2D eigenvalue weighted by Gasteiger charge is -2.22. The summed E-state index contributed by atoms with van der Waals surface area (Å²) < 4.78 is 7.20. The third kappa shape index (κ3) is 3.64. The third-order valence-corrected chi connectivity index (χ3v) is 5.27. The van der Waals surface area contributed by atoms with Crippen LogP contribution in [-0.2, 0) is 20.9 Å². The number of carbonyl (C=O) groups excluding carboxylic acids is 3. The van der Waals surface area contributed by atoms with E-state index in [1.165, 1.54) is 10.5 Å². The van der Waals surface area contributed by atoms with Crippen molar-refractivity contribution in [3.05, 3.63) is 44.9 Å². The van der Waals surface area contributed by atoms with Gasteiger partial charge in [-0.1, -0.05) is 13.8 Å². The first kappa shape index (κ1) is 20.0. The third-order valence-electron chi connectivity index (χ3n) is 4.80. The van der Waals surface area contributed by atoms with Crippen LogP contribution in [0, 0.1) is 0 Å². The van der Waals surface area contributed by atoms with E-state index in [9.17, 15) is 19.2 Å². The molecular formula is C18H19BrN4O5. The molecular weight excluding hydrogens is 432 g/mol. The predicted octanol–water partition coefficient (Wildman–Crippen LogP) is 1.61. The smallest absolute Gasteiger partial charge is 0.326 e. The van der Waals surface area contributed by atoms with E-state index >= 15 is 0 Å². The van der Waals surface area contributed by atoms with Crippen LogP contribution < -0.4 is 10.9 Å². The molecule has 3 rings (SSSR count). The largest absolute Gasteiger partial charge is 0.458 e. The first-order valence-electron chi connectivity index (χ1n) is 8.77. The van der Waals surface area contributed by atoms with Gasteiger partial charge in [0.25, 0.3) is 11.5 Å². The maximum absolute atomic E-state index is 12.5. The van der Waals surface area contributed by atoms with Crippen molar-refractivity contribution < 1.29 is 19.1 Å². The highest BCUT2D eigenvalue weighted by Gasteiger charge is 2.49. The van der Waals surface area contributed by atoms with E-state index < -0.39 is 30.0 Å². The van der Waals surface area contributed by atoms with Crippen LogP contribution in [0.15, 0.2) is 33.7 Å². The molecule has 148 valence electrons. The minimum Gasteiger partial charge on any atom is -0.458 e. The molecule has 0 spiro atoms. The number of pyridine rings is 1. The van der Waals surface area contributed by atoms with E-state index in [1.54, 1.807) is 32.2 Å². The molecule has 3 amide bonds. The minimum absolute atomic E-state index is 0.239. The molecule has 0 aliphatic carbocycles. The van der Waals surface area contributed by atoms with Gasteiger partial charge >= 0.3 is 12.0 Å². The van der Waals surface area contributed by atoms with Crippen LogP contribution in [0.5, 0.6) is 0 Å². The van der Waals surface area contributed by atoms with Gasteiger partial charge in [-0.15, -0.1) is 0 Å².